The first-order valence-corrected chi connectivity index (χ1v) is 7.49. The topological polar surface area (TPSA) is 58.1 Å². The Balaban J connectivity index is 2.02. The van der Waals surface area contributed by atoms with Crippen molar-refractivity contribution in [1.82, 2.24) is 14.5 Å². The van der Waals surface area contributed by atoms with E-state index in [2.05, 4.69) is 9.88 Å². The third kappa shape index (κ3) is 3.24. The van der Waals surface area contributed by atoms with Gasteiger partial charge in [-0.1, -0.05) is 36.4 Å². The highest BCUT2D eigenvalue weighted by atomic mass is 16.2. The van der Waals surface area contributed by atoms with Gasteiger partial charge >= 0.3 is 5.69 Å². The van der Waals surface area contributed by atoms with Crippen LogP contribution < -0.4 is 11.2 Å². The summed E-state index contributed by atoms with van der Waals surface area (Å²) in [6.07, 6.45) is 0. The lowest BCUT2D eigenvalue weighted by Gasteiger charge is -2.11. The fourth-order valence-electron chi connectivity index (χ4n) is 2.72. The highest BCUT2D eigenvalue weighted by Crippen LogP contribution is 2.08. The maximum atomic E-state index is 12.6. The summed E-state index contributed by atoms with van der Waals surface area (Å²) in [6.45, 7) is 1.08. The van der Waals surface area contributed by atoms with Crippen molar-refractivity contribution in [2.45, 2.75) is 13.1 Å². The number of para-hydroxylation sites is 1. The third-order valence-corrected chi connectivity index (χ3v) is 3.72. The molecule has 1 aromatic heterocycles. The molecule has 23 heavy (non-hydrogen) atoms. The Hall–Kier alpha value is -2.66. The van der Waals surface area contributed by atoms with Crippen LogP contribution in [0.2, 0.25) is 0 Å². The lowest BCUT2D eigenvalue weighted by atomic mass is 10.1. The largest absolute Gasteiger partial charge is 0.329 e. The van der Waals surface area contributed by atoms with Gasteiger partial charge < -0.3 is 9.88 Å². The monoisotopic (exact) mass is 309 g/mol. The molecular weight excluding hydrogens is 290 g/mol. The third-order valence-electron chi connectivity index (χ3n) is 3.72. The van der Waals surface area contributed by atoms with Crippen molar-refractivity contribution >= 4 is 10.9 Å². The Morgan fingerprint density at radius 2 is 1.74 bits per heavy atom. The quantitative estimate of drug-likeness (QED) is 0.799. The van der Waals surface area contributed by atoms with Gasteiger partial charge in [0.2, 0.25) is 0 Å². The van der Waals surface area contributed by atoms with E-state index in [1.807, 2.05) is 38.4 Å². The van der Waals surface area contributed by atoms with Crippen molar-refractivity contribution < 1.29 is 0 Å². The van der Waals surface area contributed by atoms with Crippen molar-refractivity contribution in [3.8, 4) is 0 Å². The van der Waals surface area contributed by atoms with E-state index in [1.165, 1.54) is 4.57 Å². The summed E-state index contributed by atoms with van der Waals surface area (Å²) in [5, 5.41) is 0.525. The van der Waals surface area contributed by atoms with Crippen molar-refractivity contribution in [2.24, 2.45) is 0 Å². The van der Waals surface area contributed by atoms with Crippen LogP contribution in [0.4, 0.5) is 0 Å². The molecular formula is C18H19N3O2. The second-order valence-corrected chi connectivity index (χ2v) is 5.92. The van der Waals surface area contributed by atoms with Crippen LogP contribution in [0.3, 0.4) is 0 Å². The van der Waals surface area contributed by atoms with Crippen molar-refractivity contribution in [3.05, 3.63) is 80.5 Å². The molecule has 0 atom stereocenters. The number of fused-ring (bicyclic) bond motifs is 1. The average Bonchev–Trinajstić information content (AvgIpc) is 2.51. The van der Waals surface area contributed by atoms with E-state index in [4.69, 9.17) is 0 Å². The van der Waals surface area contributed by atoms with Gasteiger partial charge in [0.1, 0.15) is 0 Å². The van der Waals surface area contributed by atoms with E-state index in [0.29, 0.717) is 10.9 Å². The standard InChI is InChI=1S/C18H19N3O2/c1-20(2)11-13-6-5-7-14(10-13)12-21-17(22)15-8-3-4-9-16(15)19-18(21)23/h3-10H,11-12H2,1-2H3,(H,19,23). The second kappa shape index (κ2) is 6.22. The second-order valence-electron chi connectivity index (χ2n) is 5.92. The average molecular weight is 309 g/mol. The summed E-state index contributed by atoms with van der Waals surface area (Å²) in [6, 6.07) is 15.0. The molecule has 118 valence electrons. The number of aromatic nitrogens is 2. The zero-order valence-corrected chi connectivity index (χ0v) is 13.2. The van der Waals surface area contributed by atoms with Crippen LogP contribution in [0.5, 0.6) is 0 Å². The normalized spacial score (nSPS) is 11.3. The molecule has 0 aliphatic heterocycles. The van der Waals surface area contributed by atoms with Gasteiger partial charge in [-0.15, -0.1) is 0 Å². The molecule has 2 aromatic carbocycles. The van der Waals surface area contributed by atoms with Gasteiger partial charge in [0.25, 0.3) is 5.56 Å². The molecule has 5 nitrogen and oxygen atoms in total. The molecule has 0 bridgehead atoms. The number of benzene rings is 2. The molecule has 5 heteroatoms. The molecule has 0 unspecified atom stereocenters. The summed E-state index contributed by atoms with van der Waals surface area (Å²) >= 11 is 0. The smallest absolute Gasteiger partial charge is 0.307 e. The van der Waals surface area contributed by atoms with E-state index in [-0.39, 0.29) is 17.8 Å². The molecule has 1 N–H and O–H groups in total. The van der Waals surface area contributed by atoms with Crippen molar-refractivity contribution in [3.63, 3.8) is 0 Å². The Kier molecular flexibility index (Phi) is 4.12. The van der Waals surface area contributed by atoms with Crippen molar-refractivity contribution in [2.75, 3.05) is 14.1 Å². The number of nitrogens with zero attached hydrogens (tertiary/aromatic N) is 2. The number of H-pyrrole nitrogens is 1. The van der Waals surface area contributed by atoms with Crippen LogP contribution >= 0.6 is 0 Å². The van der Waals surface area contributed by atoms with Gasteiger partial charge in [-0.3, -0.25) is 9.36 Å². The molecule has 0 aliphatic carbocycles. The predicted molar refractivity (Wildman–Crippen MR) is 91.8 cm³/mol. The first-order valence-electron chi connectivity index (χ1n) is 7.49. The Morgan fingerprint density at radius 1 is 1.00 bits per heavy atom. The van der Waals surface area contributed by atoms with E-state index < -0.39 is 0 Å². The number of aromatic amines is 1. The number of hydrogen-bond donors (Lipinski definition) is 1. The zero-order chi connectivity index (χ0) is 16.4. The fourth-order valence-corrected chi connectivity index (χ4v) is 2.72. The van der Waals surface area contributed by atoms with Gasteiger partial charge in [0.15, 0.2) is 0 Å². The van der Waals surface area contributed by atoms with Crippen molar-refractivity contribution in [1.29, 1.82) is 0 Å². The summed E-state index contributed by atoms with van der Waals surface area (Å²) in [4.78, 5) is 29.6. The predicted octanol–water partition coefficient (Wildman–Crippen LogP) is 1.80. The molecule has 0 saturated carbocycles. The maximum Gasteiger partial charge on any atom is 0.329 e. The number of hydrogen-bond acceptors (Lipinski definition) is 3. The maximum absolute atomic E-state index is 12.6. The number of rotatable bonds is 4. The van der Waals surface area contributed by atoms with E-state index in [0.717, 1.165) is 17.7 Å². The molecule has 1 heterocycles. The van der Waals surface area contributed by atoms with Crippen LogP contribution in [0.15, 0.2) is 58.1 Å². The molecule has 0 amide bonds. The highest BCUT2D eigenvalue weighted by molar-refractivity contribution is 5.76. The van der Waals surface area contributed by atoms with Gasteiger partial charge in [-0.2, -0.15) is 0 Å². The molecule has 3 aromatic rings. The lowest BCUT2D eigenvalue weighted by Crippen LogP contribution is -2.35. The van der Waals surface area contributed by atoms with Gasteiger partial charge in [-0.05, 0) is 37.4 Å². The van der Waals surface area contributed by atoms with Gasteiger partial charge in [-0.25, -0.2) is 4.79 Å². The summed E-state index contributed by atoms with van der Waals surface area (Å²) < 4.78 is 1.25. The summed E-state index contributed by atoms with van der Waals surface area (Å²) in [7, 11) is 4.01. The van der Waals surface area contributed by atoms with E-state index in [9.17, 15) is 9.59 Å². The van der Waals surface area contributed by atoms with Crippen LogP contribution in [-0.4, -0.2) is 28.5 Å². The molecule has 0 saturated heterocycles. The van der Waals surface area contributed by atoms with E-state index in [1.54, 1.807) is 24.3 Å². The highest BCUT2D eigenvalue weighted by Gasteiger charge is 2.08. The van der Waals surface area contributed by atoms with Gasteiger partial charge in [0, 0.05) is 6.54 Å². The Labute approximate surface area is 133 Å². The zero-order valence-electron chi connectivity index (χ0n) is 13.2. The van der Waals surface area contributed by atoms with E-state index >= 15 is 0 Å². The fraction of sp³-hybridized carbons (Fsp3) is 0.222. The summed E-state index contributed by atoms with van der Waals surface area (Å²) in [5.41, 5.74) is 2.01. The lowest BCUT2D eigenvalue weighted by molar-refractivity contribution is 0.402. The van der Waals surface area contributed by atoms with Gasteiger partial charge in [0.05, 0.1) is 17.4 Å². The first kappa shape index (κ1) is 15.2. The van der Waals surface area contributed by atoms with Crippen LogP contribution in [0.1, 0.15) is 11.1 Å². The number of nitrogens with one attached hydrogen (secondary N) is 1. The van der Waals surface area contributed by atoms with Crippen LogP contribution in [-0.2, 0) is 13.1 Å². The first-order chi connectivity index (χ1) is 11.0. The summed E-state index contributed by atoms with van der Waals surface area (Å²) in [5.74, 6) is 0. The Morgan fingerprint density at radius 3 is 2.52 bits per heavy atom. The minimum Gasteiger partial charge on any atom is -0.307 e. The molecule has 0 aliphatic rings. The molecule has 0 radical (unpaired) electrons. The Bertz CT molecular complexity index is 954. The van der Waals surface area contributed by atoms with Crippen LogP contribution in [0.25, 0.3) is 10.9 Å². The molecule has 0 fully saturated rings. The molecule has 3 rings (SSSR count). The van der Waals surface area contributed by atoms with Crippen LogP contribution in [0, 0.1) is 0 Å². The minimum absolute atomic E-state index is 0.262. The SMILES string of the molecule is CN(C)Cc1cccc(Cn2c(=O)[nH]c3ccccc3c2=O)c1. The minimum atomic E-state index is -0.383. The molecule has 0 spiro atoms.